The van der Waals surface area contributed by atoms with Crippen molar-refractivity contribution in [2.24, 2.45) is 0 Å². The minimum atomic E-state index is -4.44. The average Bonchev–Trinajstić information content (AvgIpc) is 2.34. The van der Waals surface area contributed by atoms with Crippen molar-refractivity contribution in [3.63, 3.8) is 0 Å². The van der Waals surface area contributed by atoms with Gasteiger partial charge in [0, 0.05) is 7.05 Å². The molecule has 106 valence electrons. The highest BCUT2D eigenvalue weighted by Crippen LogP contribution is 2.31. The number of benzene rings is 1. The Morgan fingerprint density at radius 1 is 1.32 bits per heavy atom. The molecule has 1 amide bonds. The number of carbonyl (C=O) groups is 1. The van der Waals surface area contributed by atoms with Gasteiger partial charge < -0.3 is 10.1 Å². The highest BCUT2D eigenvalue weighted by molar-refractivity contribution is 5.82. The number of ether oxygens (including phenoxy) is 1. The lowest BCUT2D eigenvalue weighted by Crippen LogP contribution is -2.29. The van der Waals surface area contributed by atoms with E-state index >= 15 is 0 Å². The Labute approximate surface area is 109 Å². The highest BCUT2D eigenvalue weighted by atomic mass is 19.4. The summed E-state index contributed by atoms with van der Waals surface area (Å²) in [6.45, 7) is 3.42. The van der Waals surface area contributed by atoms with Crippen LogP contribution in [0.25, 0.3) is 0 Å². The van der Waals surface area contributed by atoms with E-state index in [2.05, 4.69) is 5.32 Å². The third-order valence-electron chi connectivity index (χ3n) is 2.41. The van der Waals surface area contributed by atoms with Crippen molar-refractivity contribution in [3.8, 4) is 0 Å². The molecule has 1 atom stereocenters. The highest BCUT2D eigenvalue weighted by Gasteiger charge is 2.32. The molecule has 0 fully saturated rings. The first-order chi connectivity index (χ1) is 8.75. The predicted octanol–water partition coefficient (Wildman–Crippen LogP) is 2.92. The lowest BCUT2D eigenvalue weighted by Gasteiger charge is -2.20. The van der Waals surface area contributed by atoms with Crippen LogP contribution in [0.2, 0.25) is 0 Å². The van der Waals surface area contributed by atoms with Gasteiger partial charge in [0.1, 0.15) is 0 Å². The smallest absolute Gasteiger partial charge is 0.361 e. The van der Waals surface area contributed by atoms with E-state index in [9.17, 15) is 18.0 Å². The van der Waals surface area contributed by atoms with Crippen LogP contribution >= 0.6 is 0 Å². The fourth-order valence-electron chi connectivity index (χ4n) is 1.57. The third kappa shape index (κ3) is 4.24. The molecule has 1 N–H and O–H groups in total. The van der Waals surface area contributed by atoms with Gasteiger partial charge in [-0.15, -0.1) is 0 Å². The number of hydrogen-bond acceptors (Lipinski definition) is 2. The number of hydrogen-bond donors (Lipinski definition) is 1. The van der Waals surface area contributed by atoms with Gasteiger partial charge in [0.05, 0.1) is 11.7 Å². The van der Waals surface area contributed by atoms with Crippen LogP contribution in [0.15, 0.2) is 24.3 Å². The average molecular weight is 275 g/mol. The molecule has 6 heteroatoms. The van der Waals surface area contributed by atoms with Crippen LogP contribution in [0.5, 0.6) is 0 Å². The lowest BCUT2D eigenvalue weighted by molar-refractivity contribution is -0.139. The minimum Gasteiger partial charge on any atom is -0.361 e. The molecule has 1 unspecified atom stereocenters. The molecule has 0 aliphatic heterocycles. The van der Waals surface area contributed by atoms with Crippen LogP contribution in [-0.4, -0.2) is 19.1 Å². The maximum atomic E-state index is 12.6. The molecule has 3 nitrogen and oxygen atoms in total. The summed E-state index contributed by atoms with van der Waals surface area (Å²) in [5.41, 5.74) is -0.617. The summed E-state index contributed by atoms with van der Waals surface area (Å²) in [6, 6.07) is 4.59. The summed E-state index contributed by atoms with van der Waals surface area (Å²) < 4.78 is 43.3. The minimum absolute atomic E-state index is 0.183. The first-order valence-electron chi connectivity index (χ1n) is 5.80. The van der Waals surface area contributed by atoms with Crippen LogP contribution in [0.3, 0.4) is 0 Å². The summed E-state index contributed by atoms with van der Waals surface area (Å²) in [6.07, 6.45) is -5.77. The second-order valence-corrected chi connectivity index (χ2v) is 4.30. The monoisotopic (exact) mass is 275 g/mol. The summed E-state index contributed by atoms with van der Waals surface area (Å²) in [4.78, 5) is 11.7. The van der Waals surface area contributed by atoms with E-state index in [-0.39, 0.29) is 11.7 Å². The van der Waals surface area contributed by atoms with E-state index in [1.54, 1.807) is 13.8 Å². The number of alkyl halides is 3. The van der Waals surface area contributed by atoms with Gasteiger partial charge in [0.25, 0.3) is 5.91 Å². The summed E-state index contributed by atoms with van der Waals surface area (Å²) in [5.74, 6) is -0.479. The fourth-order valence-corrected chi connectivity index (χ4v) is 1.57. The molecule has 0 aliphatic carbocycles. The largest absolute Gasteiger partial charge is 0.416 e. The SMILES string of the molecule is CNC(=O)C(OC(C)C)c1cccc(C(F)(F)F)c1. The molecule has 1 aromatic rings. The van der Waals surface area contributed by atoms with E-state index in [1.807, 2.05) is 0 Å². The van der Waals surface area contributed by atoms with Crippen molar-refractivity contribution in [3.05, 3.63) is 35.4 Å². The van der Waals surface area contributed by atoms with Crippen LogP contribution < -0.4 is 5.32 Å². The van der Waals surface area contributed by atoms with Crippen molar-refractivity contribution < 1.29 is 22.7 Å². The van der Waals surface area contributed by atoms with Gasteiger partial charge in [-0.25, -0.2) is 0 Å². The van der Waals surface area contributed by atoms with Gasteiger partial charge in [-0.05, 0) is 31.5 Å². The van der Waals surface area contributed by atoms with Gasteiger partial charge in [-0.3, -0.25) is 4.79 Å². The molecule has 0 aromatic heterocycles. The molecular weight excluding hydrogens is 259 g/mol. The second kappa shape index (κ2) is 6.06. The summed E-state index contributed by atoms with van der Waals surface area (Å²) >= 11 is 0. The maximum Gasteiger partial charge on any atom is 0.416 e. The number of nitrogens with one attached hydrogen (secondary N) is 1. The molecule has 0 aliphatic rings. The van der Waals surface area contributed by atoms with Gasteiger partial charge in [-0.2, -0.15) is 13.2 Å². The molecular formula is C13H16F3NO2. The molecule has 0 spiro atoms. The molecule has 0 saturated carbocycles. The molecule has 0 radical (unpaired) electrons. The van der Waals surface area contributed by atoms with Gasteiger partial charge >= 0.3 is 6.18 Å². The van der Waals surface area contributed by atoms with Crippen LogP contribution in [0.1, 0.15) is 31.1 Å². The van der Waals surface area contributed by atoms with Gasteiger partial charge in [0.15, 0.2) is 6.10 Å². The molecule has 19 heavy (non-hydrogen) atoms. The summed E-state index contributed by atoms with van der Waals surface area (Å²) in [5, 5.41) is 2.38. The predicted molar refractivity (Wildman–Crippen MR) is 64.5 cm³/mol. The number of likely N-dealkylation sites (N-methyl/N-ethyl adjacent to an activating group) is 1. The van der Waals surface area contributed by atoms with E-state index in [0.717, 1.165) is 12.1 Å². The number of amides is 1. The van der Waals surface area contributed by atoms with E-state index in [4.69, 9.17) is 4.74 Å². The Morgan fingerprint density at radius 3 is 2.42 bits per heavy atom. The topological polar surface area (TPSA) is 38.3 Å². The van der Waals surface area contributed by atoms with E-state index in [1.165, 1.54) is 19.2 Å². The Kier molecular flexibility index (Phi) is 4.94. The van der Waals surface area contributed by atoms with Crippen LogP contribution in [0, 0.1) is 0 Å². The Morgan fingerprint density at radius 2 is 1.95 bits per heavy atom. The van der Waals surface area contributed by atoms with Crippen LogP contribution in [0.4, 0.5) is 13.2 Å². The Balaban J connectivity index is 3.12. The van der Waals surface area contributed by atoms with E-state index in [0.29, 0.717) is 0 Å². The van der Waals surface area contributed by atoms with Crippen molar-refractivity contribution >= 4 is 5.91 Å². The Hall–Kier alpha value is -1.56. The molecule has 1 aromatic carbocycles. The lowest BCUT2D eigenvalue weighted by atomic mass is 10.0. The zero-order chi connectivity index (χ0) is 14.6. The zero-order valence-corrected chi connectivity index (χ0v) is 10.9. The van der Waals surface area contributed by atoms with Crippen molar-refractivity contribution in [2.75, 3.05) is 7.05 Å². The van der Waals surface area contributed by atoms with Gasteiger partial charge in [-0.1, -0.05) is 12.1 Å². The number of carbonyl (C=O) groups excluding carboxylic acids is 1. The normalized spacial score (nSPS) is 13.4. The number of halogens is 3. The third-order valence-corrected chi connectivity index (χ3v) is 2.41. The van der Waals surface area contributed by atoms with Crippen molar-refractivity contribution in [2.45, 2.75) is 32.2 Å². The zero-order valence-electron chi connectivity index (χ0n) is 10.9. The van der Waals surface area contributed by atoms with Crippen molar-refractivity contribution in [1.29, 1.82) is 0 Å². The van der Waals surface area contributed by atoms with Crippen LogP contribution in [-0.2, 0) is 15.7 Å². The first-order valence-corrected chi connectivity index (χ1v) is 5.80. The molecule has 0 bridgehead atoms. The van der Waals surface area contributed by atoms with Gasteiger partial charge in [0.2, 0.25) is 0 Å². The first kappa shape index (κ1) is 15.5. The van der Waals surface area contributed by atoms with Crippen molar-refractivity contribution in [1.82, 2.24) is 5.32 Å². The summed E-state index contributed by atoms with van der Waals surface area (Å²) in [7, 11) is 1.41. The van der Waals surface area contributed by atoms with E-state index < -0.39 is 23.8 Å². The molecule has 0 heterocycles. The standard InChI is InChI=1S/C13H16F3NO2/c1-8(2)19-11(12(18)17-3)9-5-4-6-10(7-9)13(14,15)16/h4-8,11H,1-3H3,(H,17,18). The molecule has 0 saturated heterocycles. The quantitative estimate of drug-likeness (QED) is 0.917. The molecule has 1 rings (SSSR count). The Bertz CT molecular complexity index is 444. The number of rotatable bonds is 4. The second-order valence-electron chi connectivity index (χ2n) is 4.30. The fraction of sp³-hybridized carbons (Fsp3) is 0.462. The maximum absolute atomic E-state index is 12.6.